The Kier molecular flexibility index (Phi) is 6.14. The molecule has 3 aromatic rings. The second-order valence-corrected chi connectivity index (χ2v) is 10.5. The summed E-state index contributed by atoms with van der Waals surface area (Å²) in [6.45, 7) is 6.27. The van der Waals surface area contributed by atoms with Crippen molar-refractivity contribution in [2.24, 2.45) is 13.0 Å². The van der Waals surface area contributed by atoms with E-state index in [1.165, 1.54) is 4.90 Å². The SMILES string of the molecule is Cc1c(CN2CCC([C@@]3(C)NC(=O)N(Cc4ccsc4)C3=O)CC2)c(=O)n(-c2ccccc2)n1C. The second kappa shape index (κ2) is 9.13. The third-order valence-electron chi connectivity index (χ3n) is 7.68. The van der Waals surface area contributed by atoms with Crippen LogP contribution in [0.4, 0.5) is 4.79 Å². The summed E-state index contributed by atoms with van der Waals surface area (Å²) >= 11 is 1.56. The highest BCUT2D eigenvalue weighted by atomic mass is 32.1. The molecule has 2 aliphatic heterocycles. The molecule has 184 valence electrons. The van der Waals surface area contributed by atoms with Gasteiger partial charge in [-0.3, -0.25) is 24.1 Å². The van der Waals surface area contributed by atoms with Crippen LogP contribution in [0.5, 0.6) is 0 Å². The highest BCUT2D eigenvalue weighted by Crippen LogP contribution is 2.34. The maximum absolute atomic E-state index is 13.3. The predicted octanol–water partition coefficient (Wildman–Crippen LogP) is 3.27. The quantitative estimate of drug-likeness (QED) is 0.535. The minimum atomic E-state index is -0.887. The highest BCUT2D eigenvalue weighted by molar-refractivity contribution is 7.07. The van der Waals surface area contributed by atoms with Gasteiger partial charge in [-0.2, -0.15) is 11.3 Å². The number of benzene rings is 1. The van der Waals surface area contributed by atoms with Crippen molar-refractivity contribution in [1.82, 2.24) is 24.5 Å². The van der Waals surface area contributed by atoms with E-state index in [0.29, 0.717) is 13.1 Å². The minimum Gasteiger partial charge on any atom is -0.323 e. The number of imide groups is 1. The number of nitrogens with zero attached hydrogens (tertiary/aromatic N) is 4. The van der Waals surface area contributed by atoms with Crippen LogP contribution in [0.15, 0.2) is 52.0 Å². The molecule has 2 fully saturated rings. The van der Waals surface area contributed by atoms with Gasteiger partial charge in [-0.1, -0.05) is 18.2 Å². The molecule has 1 atom stereocenters. The number of likely N-dealkylation sites (tertiary alicyclic amines) is 1. The zero-order valence-corrected chi connectivity index (χ0v) is 21.2. The van der Waals surface area contributed by atoms with Crippen molar-refractivity contribution in [3.63, 3.8) is 0 Å². The van der Waals surface area contributed by atoms with Crippen LogP contribution in [0.1, 0.15) is 36.6 Å². The van der Waals surface area contributed by atoms with Gasteiger partial charge >= 0.3 is 6.03 Å². The van der Waals surface area contributed by atoms with Crippen molar-refractivity contribution in [1.29, 1.82) is 0 Å². The van der Waals surface area contributed by atoms with Crippen molar-refractivity contribution in [2.75, 3.05) is 13.1 Å². The Bertz CT molecular complexity index is 1290. The van der Waals surface area contributed by atoms with Crippen molar-refractivity contribution in [2.45, 2.75) is 45.3 Å². The summed E-state index contributed by atoms with van der Waals surface area (Å²) in [5.41, 5.74) is 2.69. The Labute approximate surface area is 208 Å². The van der Waals surface area contributed by atoms with E-state index in [4.69, 9.17) is 0 Å². The van der Waals surface area contributed by atoms with E-state index in [2.05, 4.69) is 10.2 Å². The molecule has 0 bridgehead atoms. The number of amides is 3. The van der Waals surface area contributed by atoms with Gasteiger partial charge in [-0.25, -0.2) is 9.48 Å². The predicted molar refractivity (Wildman–Crippen MR) is 136 cm³/mol. The van der Waals surface area contributed by atoms with Gasteiger partial charge in [0.15, 0.2) is 0 Å². The summed E-state index contributed by atoms with van der Waals surface area (Å²) in [5, 5.41) is 6.90. The first-order valence-corrected chi connectivity index (χ1v) is 12.9. The lowest BCUT2D eigenvalue weighted by Gasteiger charge is -2.38. The van der Waals surface area contributed by atoms with E-state index >= 15 is 0 Å². The van der Waals surface area contributed by atoms with E-state index in [1.807, 2.05) is 72.7 Å². The van der Waals surface area contributed by atoms with E-state index < -0.39 is 5.54 Å². The fourth-order valence-electron chi connectivity index (χ4n) is 5.40. The summed E-state index contributed by atoms with van der Waals surface area (Å²) in [6.07, 6.45) is 1.57. The average Bonchev–Trinajstić information content (AvgIpc) is 3.51. The van der Waals surface area contributed by atoms with Crippen LogP contribution in [0, 0.1) is 12.8 Å². The largest absolute Gasteiger partial charge is 0.325 e. The summed E-state index contributed by atoms with van der Waals surface area (Å²) in [4.78, 5) is 42.8. The number of rotatable bonds is 6. The van der Waals surface area contributed by atoms with Crippen molar-refractivity contribution >= 4 is 23.3 Å². The standard InChI is InChI=1S/C26H31N5O3S/c1-18-22(23(32)31(28(18)3)21-7-5-4-6-8-21)16-29-12-9-20(10-13-29)26(2)24(33)30(25(34)27-26)15-19-11-14-35-17-19/h4-8,11,14,17,20H,9-10,12-13,15-16H2,1-3H3,(H,27,34)/t26-/m1/s1. The normalized spacial score (nSPS) is 21.6. The Hall–Kier alpha value is -3.17. The maximum Gasteiger partial charge on any atom is 0.325 e. The Morgan fingerprint density at radius 3 is 2.43 bits per heavy atom. The molecule has 0 saturated carbocycles. The molecular formula is C26H31N5O3S. The van der Waals surface area contributed by atoms with Crippen LogP contribution >= 0.6 is 11.3 Å². The minimum absolute atomic E-state index is 0.00703. The van der Waals surface area contributed by atoms with Crippen LogP contribution in [-0.2, 0) is 24.9 Å². The summed E-state index contributed by atoms with van der Waals surface area (Å²) < 4.78 is 3.63. The van der Waals surface area contributed by atoms with Crippen LogP contribution < -0.4 is 10.9 Å². The van der Waals surface area contributed by atoms with Gasteiger partial charge in [-0.15, -0.1) is 0 Å². The number of piperidine rings is 1. The van der Waals surface area contributed by atoms with Crippen molar-refractivity contribution in [3.05, 3.63) is 74.3 Å². The Balaban J connectivity index is 1.26. The third-order valence-corrected chi connectivity index (χ3v) is 8.41. The van der Waals surface area contributed by atoms with Crippen molar-refractivity contribution < 1.29 is 9.59 Å². The van der Waals surface area contributed by atoms with Gasteiger partial charge in [0.05, 0.1) is 17.8 Å². The number of aromatic nitrogens is 2. The second-order valence-electron chi connectivity index (χ2n) is 9.75. The van der Waals surface area contributed by atoms with Crippen LogP contribution in [0.3, 0.4) is 0 Å². The molecule has 9 heteroatoms. The fraction of sp³-hybridized carbons (Fsp3) is 0.423. The number of nitrogens with one attached hydrogen (secondary N) is 1. The molecule has 1 aromatic carbocycles. The first-order valence-electron chi connectivity index (χ1n) is 12.0. The van der Waals surface area contributed by atoms with Gasteiger partial charge in [0, 0.05) is 19.3 Å². The number of thiophene rings is 1. The van der Waals surface area contributed by atoms with E-state index in [1.54, 1.807) is 16.0 Å². The van der Waals surface area contributed by atoms with Gasteiger partial charge < -0.3 is 5.32 Å². The first kappa shape index (κ1) is 23.6. The lowest BCUT2D eigenvalue weighted by Crippen LogP contribution is -2.53. The average molecular weight is 494 g/mol. The van der Waals surface area contributed by atoms with E-state index in [9.17, 15) is 14.4 Å². The number of para-hydroxylation sites is 1. The number of hydrogen-bond donors (Lipinski definition) is 1. The highest BCUT2D eigenvalue weighted by Gasteiger charge is 2.52. The Morgan fingerprint density at radius 2 is 1.77 bits per heavy atom. The molecule has 0 spiro atoms. The topological polar surface area (TPSA) is 79.6 Å². The van der Waals surface area contributed by atoms with Gasteiger partial charge in [-0.05, 0) is 80.2 Å². The molecule has 0 radical (unpaired) electrons. The summed E-state index contributed by atoms with van der Waals surface area (Å²) in [5.74, 6) is -0.0858. The zero-order valence-electron chi connectivity index (χ0n) is 20.4. The van der Waals surface area contributed by atoms with Crippen LogP contribution in [0.2, 0.25) is 0 Å². The molecule has 2 aromatic heterocycles. The van der Waals surface area contributed by atoms with E-state index in [-0.39, 0.29) is 23.4 Å². The molecule has 8 nitrogen and oxygen atoms in total. The lowest BCUT2D eigenvalue weighted by atomic mass is 9.79. The van der Waals surface area contributed by atoms with E-state index in [0.717, 1.165) is 48.4 Å². The van der Waals surface area contributed by atoms with Gasteiger partial charge in [0.2, 0.25) is 0 Å². The molecular weight excluding hydrogens is 462 g/mol. The van der Waals surface area contributed by atoms with Gasteiger partial charge in [0.1, 0.15) is 5.54 Å². The molecule has 35 heavy (non-hydrogen) atoms. The van der Waals surface area contributed by atoms with Crippen LogP contribution in [0.25, 0.3) is 5.69 Å². The molecule has 0 unspecified atom stereocenters. The monoisotopic (exact) mass is 493 g/mol. The number of urea groups is 1. The molecule has 2 aliphatic rings. The Morgan fingerprint density at radius 1 is 1.06 bits per heavy atom. The zero-order chi connectivity index (χ0) is 24.7. The van der Waals surface area contributed by atoms with Crippen LogP contribution in [-0.4, -0.2) is 49.7 Å². The van der Waals surface area contributed by atoms with Gasteiger partial charge in [0.25, 0.3) is 11.5 Å². The summed E-state index contributed by atoms with van der Waals surface area (Å²) in [6, 6.07) is 11.3. The maximum atomic E-state index is 13.3. The molecule has 3 amide bonds. The molecule has 4 heterocycles. The molecule has 1 N–H and O–H groups in total. The number of carbonyl (C=O) groups is 2. The third kappa shape index (κ3) is 4.12. The van der Waals surface area contributed by atoms with Crippen molar-refractivity contribution in [3.8, 4) is 5.69 Å². The number of carbonyl (C=O) groups excluding carboxylic acids is 2. The smallest absolute Gasteiger partial charge is 0.323 e. The summed E-state index contributed by atoms with van der Waals surface area (Å²) in [7, 11) is 1.91. The first-order chi connectivity index (χ1) is 16.8. The molecule has 2 saturated heterocycles. The molecule has 0 aliphatic carbocycles. The fourth-order valence-corrected chi connectivity index (χ4v) is 6.06. The molecule has 5 rings (SSSR count). The number of hydrogen-bond acceptors (Lipinski definition) is 5. The lowest BCUT2D eigenvalue weighted by molar-refractivity contribution is -0.133.